The molecule has 0 bridgehead atoms. The number of nitrogens with zero attached hydrogens (tertiary/aromatic N) is 1. The fourth-order valence-corrected chi connectivity index (χ4v) is 4.14. The molecule has 6 heteroatoms. The summed E-state index contributed by atoms with van der Waals surface area (Å²) >= 11 is 0. The molecule has 0 spiro atoms. The Morgan fingerprint density at radius 3 is 2.46 bits per heavy atom. The maximum Gasteiger partial charge on any atom is 0.317 e. The van der Waals surface area contributed by atoms with Crippen molar-refractivity contribution in [2.75, 3.05) is 19.7 Å². The van der Waals surface area contributed by atoms with Gasteiger partial charge >= 0.3 is 5.97 Å². The summed E-state index contributed by atoms with van der Waals surface area (Å²) in [4.78, 5) is 38.2. The van der Waals surface area contributed by atoms with E-state index in [-0.39, 0.29) is 30.3 Å². The van der Waals surface area contributed by atoms with E-state index >= 15 is 0 Å². The SMILES string of the molecule is NC(=O)[C@@H]1CCCN(C(=O)COC(=O)C2(c3ccccc3)CCCC2)C1. The third-order valence-electron chi connectivity index (χ3n) is 5.68. The van der Waals surface area contributed by atoms with Crippen LogP contribution in [0.4, 0.5) is 0 Å². The molecule has 6 nitrogen and oxygen atoms in total. The monoisotopic (exact) mass is 358 g/mol. The van der Waals surface area contributed by atoms with Crippen LogP contribution in [-0.2, 0) is 24.5 Å². The van der Waals surface area contributed by atoms with Gasteiger partial charge in [0.15, 0.2) is 6.61 Å². The predicted octanol–water partition coefficient (Wildman–Crippen LogP) is 1.77. The van der Waals surface area contributed by atoms with Crippen molar-refractivity contribution in [1.82, 2.24) is 4.90 Å². The summed E-state index contributed by atoms with van der Waals surface area (Å²) in [6.45, 7) is 0.610. The van der Waals surface area contributed by atoms with Crippen molar-refractivity contribution in [3.05, 3.63) is 35.9 Å². The van der Waals surface area contributed by atoms with Crippen LogP contribution in [0.5, 0.6) is 0 Å². The molecule has 0 unspecified atom stereocenters. The van der Waals surface area contributed by atoms with E-state index in [1.165, 1.54) is 0 Å². The van der Waals surface area contributed by atoms with Gasteiger partial charge in [-0.15, -0.1) is 0 Å². The van der Waals surface area contributed by atoms with Crippen LogP contribution in [0.25, 0.3) is 0 Å². The lowest BCUT2D eigenvalue weighted by Crippen LogP contribution is -2.46. The lowest BCUT2D eigenvalue weighted by molar-refractivity contribution is -0.158. The summed E-state index contributed by atoms with van der Waals surface area (Å²) in [5, 5.41) is 0. The first-order valence-corrected chi connectivity index (χ1v) is 9.33. The van der Waals surface area contributed by atoms with E-state index in [2.05, 4.69) is 0 Å². The van der Waals surface area contributed by atoms with Crippen molar-refractivity contribution in [1.29, 1.82) is 0 Å². The molecule has 1 aliphatic heterocycles. The third kappa shape index (κ3) is 3.74. The topological polar surface area (TPSA) is 89.7 Å². The van der Waals surface area contributed by atoms with Gasteiger partial charge in [-0.2, -0.15) is 0 Å². The second-order valence-corrected chi connectivity index (χ2v) is 7.31. The number of primary amides is 1. The maximum absolute atomic E-state index is 12.9. The first-order valence-electron chi connectivity index (χ1n) is 9.33. The number of hydrogen-bond acceptors (Lipinski definition) is 4. The quantitative estimate of drug-likeness (QED) is 0.812. The van der Waals surface area contributed by atoms with Gasteiger partial charge in [0.05, 0.1) is 11.3 Å². The maximum atomic E-state index is 12.9. The van der Waals surface area contributed by atoms with Crippen molar-refractivity contribution in [3.8, 4) is 0 Å². The molecule has 0 radical (unpaired) electrons. The zero-order valence-corrected chi connectivity index (χ0v) is 15.0. The highest BCUT2D eigenvalue weighted by Crippen LogP contribution is 2.42. The van der Waals surface area contributed by atoms with Gasteiger partial charge in [0.1, 0.15) is 0 Å². The fourth-order valence-electron chi connectivity index (χ4n) is 4.14. The Kier molecular flexibility index (Phi) is 5.59. The Hall–Kier alpha value is -2.37. The van der Waals surface area contributed by atoms with E-state index in [0.29, 0.717) is 19.5 Å². The molecule has 1 heterocycles. The Morgan fingerprint density at radius 1 is 1.12 bits per heavy atom. The van der Waals surface area contributed by atoms with E-state index in [0.717, 1.165) is 37.7 Å². The van der Waals surface area contributed by atoms with E-state index in [4.69, 9.17) is 10.5 Å². The average Bonchev–Trinajstić information content (AvgIpc) is 3.18. The molecule has 140 valence electrons. The van der Waals surface area contributed by atoms with Crippen LogP contribution in [0.1, 0.15) is 44.1 Å². The molecule has 1 saturated heterocycles. The summed E-state index contributed by atoms with van der Waals surface area (Å²) in [6, 6.07) is 9.68. The molecule has 1 aliphatic carbocycles. The summed E-state index contributed by atoms with van der Waals surface area (Å²) in [5.74, 6) is -1.27. The summed E-state index contributed by atoms with van der Waals surface area (Å²) in [7, 11) is 0. The molecule has 3 rings (SSSR count). The molecule has 26 heavy (non-hydrogen) atoms. The Labute approximate surface area is 153 Å². The molecule has 0 aromatic heterocycles. The molecule has 1 aromatic carbocycles. The molecule has 2 N–H and O–H groups in total. The Bertz CT molecular complexity index is 668. The summed E-state index contributed by atoms with van der Waals surface area (Å²) < 4.78 is 5.45. The average molecular weight is 358 g/mol. The second-order valence-electron chi connectivity index (χ2n) is 7.31. The van der Waals surface area contributed by atoms with Gasteiger partial charge in [-0.1, -0.05) is 43.2 Å². The van der Waals surface area contributed by atoms with Crippen LogP contribution in [0, 0.1) is 5.92 Å². The van der Waals surface area contributed by atoms with Crippen molar-refractivity contribution in [2.24, 2.45) is 11.7 Å². The molecule has 2 amide bonds. The zero-order chi connectivity index (χ0) is 18.6. The van der Waals surface area contributed by atoms with Crippen molar-refractivity contribution < 1.29 is 19.1 Å². The summed E-state index contributed by atoms with van der Waals surface area (Å²) in [6.07, 6.45) is 4.89. The smallest absolute Gasteiger partial charge is 0.317 e. The second kappa shape index (κ2) is 7.89. The van der Waals surface area contributed by atoms with Crippen LogP contribution in [0.15, 0.2) is 30.3 Å². The lowest BCUT2D eigenvalue weighted by atomic mass is 9.79. The lowest BCUT2D eigenvalue weighted by Gasteiger charge is -2.32. The molecule has 1 saturated carbocycles. The van der Waals surface area contributed by atoms with Gasteiger partial charge in [-0.05, 0) is 31.2 Å². The van der Waals surface area contributed by atoms with Crippen molar-refractivity contribution in [3.63, 3.8) is 0 Å². The van der Waals surface area contributed by atoms with Gasteiger partial charge in [-0.25, -0.2) is 0 Å². The van der Waals surface area contributed by atoms with Crippen LogP contribution >= 0.6 is 0 Å². The van der Waals surface area contributed by atoms with Gasteiger partial charge in [0, 0.05) is 13.1 Å². The zero-order valence-electron chi connectivity index (χ0n) is 15.0. The number of ether oxygens (including phenoxy) is 1. The number of rotatable bonds is 5. The first kappa shape index (κ1) is 18.4. The highest BCUT2D eigenvalue weighted by atomic mass is 16.5. The number of carbonyl (C=O) groups is 3. The largest absolute Gasteiger partial charge is 0.455 e. The number of likely N-dealkylation sites (tertiary alicyclic amines) is 1. The number of amides is 2. The number of benzene rings is 1. The van der Waals surface area contributed by atoms with Gasteiger partial charge in [0.25, 0.3) is 5.91 Å². The van der Waals surface area contributed by atoms with E-state index in [1.54, 1.807) is 4.90 Å². The number of hydrogen-bond donors (Lipinski definition) is 1. The van der Waals surface area contributed by atoms with Crippen LogP contribution < -0.4 is 5.73 Å². The van der Waals surface area contributed by atoms with Crippen molar-refractivity contribution >= 4 is 17.8 Å². The standard InChI is InChI=1S/C20H26N2O4/c21-18(24)15-7-6-12-22(13-15)17(23)14-26-19(25)20(10-4-5-11-20)16-8-2-1-3-9-16/h1-3,8-9,15H,4-7,10-14H2,(H2,21,24)/t15-/m1/s1. The van der Waals surface area contributed by atoms with Gasteiger partial charge in [-0.3, -0.25) is 14.4 Å². The van der Waals surface area contributed by atoms with E-state index in [1.807, 2.05) is 30.3 Å². The number of carbonyl (C=O) groups excluding carboxylic acids is 3. The number of nitrogens with two attached hydrogens (primary N) is 1. The fraction of sp³-hybridized carbons (Fsp3) is 0.550. The Morgan fingerprint density at radius 2 is 1.81 bits per heavy atom. The molecule has 2 fully saturated rings. The van der Waals surface area contributed by atoms with Crippen LogP contribution in [-0.4, -0.2) is 42.4 Å². The number of esters is 1. The van der Waals surface area contributed by atoms with Gasteiger partial charge < -0.3 is 15.4 Å². The molecular weight excluding hydrogens is 332 g/mol. The minimum absolute atomic E-state index is 0.259. The molecule has 2 aliphatic rings. The highest BCUT2D eigenvalue weighted by molar-refractivity contribution is 5.87. The normalized spacial score (nSPS) is 22.0. The third-order valence-corrected chi connectivity index (χ3v) is 5.68. The first-order chi connectivity index (χ1) is 12.5. The van der Waals surface area contributed by atoms with E-state index in [9.17, 15) is 14.4 Å². The van der Waals surface area contributed by atoms with E-state index < -0.39 is 5.41 Å². The van der Waals surface area contributed by atoms with Crippen LogP contribution in [0.2, 0.25) is 0 Å². The molecule has 1 atom stereocenters. The molecular formula is C20H26N2O4. The minimum Gasteiger partial charge on any atom is -0.455 e. The van der Waals surface area contributed by atoms with Gasteiger partial charge in [0.2, 0.25) is 5.91 Å². The summed E-state index contributed by atoms with van der Waals surface area (Å²) in [5.41, 5.74) is 5.67. The highest BCUT2D eigenvalue weighted by Gasteiger charge is 2.44. The Balaban J connectivity index is 1.62. The van der Waals surface area contributed by atoms with Crippen molar-refractivity contribution in [2.45, 2.75) is 43.9 Å². The predicted molar refractivity (Wildman–Crippen MR) is 96.0 cm³/mol. The molecule has 1 aromatic rings. The minimum atomic E-state index is -0.640. The number of piperidine rings is 1. The van der Waals surface area contributed by atoms with Crippen LogP contribution in [0.3, 0.4) is 0 Å².